The Hall–Kier alpha value is -1.33. The molecule has 1 aliphatic rings. The number of hydrogen-bond donors (Lipinski definition) is 1. The summed E-state index contributed by atoms with van der Waals surface area (Å²) in [5, 5.41) is 3.26. The van der Waals surface area contributed by atoms with Crippen molar-refractivity contribution in [2.45, 2.75) is 6.92 Å². The molecule has 20 heavy (non-hydrogen) atoms. The van der Waals surface area contributed by atoms with Crippen LogP contribution in [0.1, 0.15) is 6.92 Å². The molecule has 0 bridgehead atoms. The first-order valence-corrected chi connectivity index (χ1v) is 7.26. The van der Waals surface area contributed by atoms with E-state index in [0.29, 0.717) is 12.4 Å². The maximum Gasteiger partial charge on any atom is 0.167 e. The molecule has 0 aliphatic carbocycles. The lowest BCUT2D eigenvalue weighted by molar-refractivity contribution is 0.158. The van der Waals surface area contributed by atoms with Crippen molar-refractivity contribution >= 4 is 5.69 Å². The van der Waals surface area contributed by atoms with E-state index in [9.17, 15) is 4.39 Å². The van der Waals surface area contributed by atoms with Crippen molar-refractivity contribution < 1.29 is 9.13 Å². The molecule has 0 atom stereocenters. The molecule has 0 aromatic heterocycles. The van der Waals surface area contributed by atoms with E-state index in [-0.39, 0.29) is 5.82 Å². The van der Waals surface area contributed by atoms with E-state index < -0.39 is 0 Å². The van der Waals surface area contributed by atoms with Crippen molar-refractivity contribution in [3.8, 4) is 5.75 Å². The van der Waals surface area contributed by atoms with Gasteiger partial charge in [-0.15, -0.1) is 0 Å². The maximum atomic E-state index is 13.7. The standard InChI is InChI=1S/C15H24FN3O/c1-3-20-15-5-4-13(12-14(15)16)17-6-7-19-10-8-18(2)9-11-19/h4-5,12,17H,3,6-11H2,1-2H3. The average Bonchev–Trinajstić information content (AvgIpc) is 2.44. The quantitative estimate of drug-likeness (QED) is 0.862. The predicted molar refractivity (Wildman–Crippen MR) is 80.0 cm³/mol. The molecule has 1 heterocycles. The Morgan fingerprint density at radius 3 is 2.65 bits per heavy atom. The van der Waals surface area contributed by atoms with Crippen LogP contribution in [0.2, 0.25) is 0 Å². The molecule has 0 saturated carbocycles. The third kappa shape index (κ3) is 4.35. The van der Waals surface area contributed by atoms with Crippen molar-refractivity contribution in [1.82, 2.24) is 9.80 Å². The summed E-state index contributed by atoms with van der Waals surface area (Å²) in [6.45, 7) is 8.61. The number of nitrogens with zero attached hydrogens (tertiary/aromatic N) is 2. The summed E-state index contributed by atoms with van der Waals surface area (Å²) in [6.07, 6.45) is 0. The van der Waals surface area contributed by atoms with Gasteiger partial charge in [0.2, 0.25) is 0 Å². The Bertz CT molecular complexity index is 420. The maximum absolute atomic E-state index is 13.7. The molecule has 0 amide bonds. The Labute approximate surface area is 120 Å². The van der Waals surface area contributed by atoms with E-state index in [1.54, 1.807) is 6.07 Å². The summed E-state index contributed by atoms with van der Waals surface area (Å²) in [7, 11) is 2.15. The van der Waals surface area contributed by atoms with Crippen LogP contribution in [0.3, 0.4) is 0 Å². The van der Waals surface area contributed by atoms with Gasteiger partial charge in [0.25, 0.3) is 0 Å². The first-order chi connectivity index (χ1) is 9.69. The Balaban J connectivity index is 1.75. The van der Waals surface area contributed by atoms with Crippen LogP contribution in [0.15, 0.2) is 18.2 Å². The third-order valence-corrected chi connectivity index (χ3v) is 3.58. The Morgan fingerprint density at radius 1 is 1.25 bits per heavy atom. The average molecular weight is 281 g/mol. The Kier molecular flexibility index (Phi) is 5.61. The molecule has 1 aromatic rings. The molecule has 0 spiro atoms. The SMILES string of the molecule is CCOc1ccc(NCCN2CCN(C)CC2)cc1F. The highest BCUT2D eigenvalue weighted by Gasteiger charge is 2.12. The minimum absolute atomic E-state index is 0.309. The van der Waals surface area contributed by atoms with Crippen molar-refractivity contribution in [2.24, 2.45) is 0 Å². The van der Waals surface area contributed by atoms with Crippen molar-refractivity contribution in [3.05, 3.63) is 24.0 Å². The third-order valence-electron chi connectivity index (χ3n) is 3.58. The van der Waals surface area contributed by atoms with Crippen molar-refractivity contribution in [3.63, 3.8) is 0 Å². The van der Waals surface area contributed by atoms with Gasteiger partial charge in [-0.05, 0) is 26.1 Å². The molecule has 1 aromatic carbocycles. The van der Waals surface area contributed by atoms with E-state index in [2.05, 4.69) is 22.2 Å². The van der Waals surface area contributed by atoms with Crippen LogP contribution < -0.4 is 10.1 Å². The van der Waals surface area contributed by atoms with Crippen LogP contribution >= 0.6 is 0 Å². The number of anilines is 1. The van der Waals surface area contributed by atoms with Gasteiger partial charge in [0.1, 0.15) is 0 Å². The highest BCUT2D eigenvalue weighted by Crippen LogP contribution is 2.20. The van der Waals surface area contributed by atoms with Gasteiger partial charge < -0.3 is 15.0 Å². The van der Waals surface area contributed by atoms with Gasteiger partial charge >= 0.3 is 0 Å². The lowest BCUT2D eigenvalue weighted by Crippen LogP contribution is -2.45. The van der Waals surface area contributed by atoms with Gasteiger partial charge in [0, 0.05) is 51.0 Å². The second-order valence-corrected chi connectivity index (χ2v) is 5.15. The molecule has 112 valence electrons. The van der Waals surface area contributed by atoms with E-state index in [1.165, 1.54) is 6.07 Å². The summed E-state index contributed by atoms with van der Waals surface area (Å²) >= 11 is 0. The second kappa shape index (κ2) is 7.45. The number of hydrogen-bond acceptors (Lipinski definition) is 4. The molecule has 2 rings (SSSR count). The molecule has 1 aliphatic heterocycles. The largest absolute Gasteiger partial charge is 0.491 e. The molecular formula is C15H24FN3O. The van der Waals surface area contributed by atoms with Crippen molar-refractivity contribution in [2.75, 3.05) is 58.2 Å². The lowest BCUT2D eigenvalue weighted by Gasteiger charge is -2.32. The van der Waals surface area contributed by atoms with E-state index in [4.69, 9.17) is 4.74 Å². The van der Waals surface area contributed by atoms with Gasteiger partial charge in [0.05, 0.1) is 6.61 Å². The fourth-order valence-electron chi connectivity index (χ4n) is 2.31. The highest BCUT2D eigenvalue weighted by molar-refractivity contribution is 5.47. The predicted octanol–water partition coefficient (Wildman–Crippen LogP) is 1.88. The normalized spacial score (nSPS) is 17.1. The molecule has 4 nitrogen and oxygen atoms in total. The van der Waals surface area contributed by atoms with Crippen molar-refractivity contribution in [1.29, 1.82) is 0 Å². The van der Waals surface area contributed by atoms with Crippen LogP contribution in [0.25, 0.3) is 0 Å². The number of likely N-dealkylation sites (N-methyl/N-ethyl adjacent to an activating group) is 1. The smallest absolute Gasteiger partial charge is 0.167 e. The number of benzene rings is 1. The number of piperazine rings is 1. The number of ether oxygens (including phenoxy) is 1. The summed E-state index contributed by atoms with van der Waals surface area (Å²) < 4.78 is 18.9. The molecule has 0 radical (unpaired) electrons. The molecule has 1 fully saturated rings. The summed E-state index contributed by atoms with van der Waals surface area (Å²) in [5.74, 6) is 0.00793. The lowest BCUT2D eigenvalue weighted by atomic mass is 10.3. The number of halogens is 1. The van der Waals surface area contributed by atoms with Gasteiger partial charge in [-0.2, -0.15) is 0 Å². The minimum atomic E-state index is -0.309. The minimum Gasteiger partial charge on any atom is -0.491 e. The van der Waals surface area contributed by atoms with Crippen LogP contribution in [0, 0.1) is 5.82 Å². The second-order valence-electron chi connectivity index (χ2n) is 5.15. The monoisotopic (exact) mass is 281 g/mol. The van der Waals surface area contributed by atoms with Gasteiger partial charge in [-0.1, -0.05) is 0 Å². The summed E-state index contributed by atoms with van der Waals surface area (Å²) in [5.41, 5.74) is 0.806. The fourth-order valence-corrected chi connectivity index (χ4v) is 2.31. The van der Waals surface area contributed by atoms with Gasteiger partial charge in [-0.3, -0.25) is 4.90 Å². The number of rotatable bonds is 6. The van der Waals surface area contributed by atoms with Gasteiger partial charge in [0.15, 0.2) is 11.6 Å². The zero-order valence-corrected chi connectivity index (χ0v) is 12.4. The van der Waals surface area contributed by atoms with Crippen LogP contribution in [-0.4, -0.2) is 62.7 Å². The first kappa shape index (κ1) is 15.1. The van der Waals surface area contributed by atoms with Crippen LogP contribution in [0.5, 0.6) is 5.75 Å². The summed E-state index contributed by atoms with van der Waals surface area (Å²) in [4.78, 5) is 4.77. The summed E-state index contributed by atoms with van der Waals surface area (Å²) in [6, 6.07) is 5.03. The van der Waals surface area contributed by atoms with Gasteiger partial charge in [-0.25, -0.2) is 4.39 Å². The topological polar surface area (TPSA) is 27.7 Å². The highest BCUT2D eigenvalue weighted by atomic mass is 19.1. The molecule has 0 unspecified atom stereocenters. The first-order valence-electron chi connectivity index (χ1n) is 7.26. The van der Waals surface area contributed by atoms with Crippen LogP contribution in [0.4, 0.5) is 10.1 Å². The number of nitrogens with one attached hydrogen (secondary N) is 1. The van der Waals surface area contributed by atoms with E-state index >= 15 is 0 Å². The molecular weight excluding hydrogens is 257 g/mol. The van der Waals surface area contributed by atoms with E-state index in [0.717, 1.165) is 45.0 Å². The fraction of sp³-hybridized carbons (Fsp3) is 0.600. The Morgan fingerprint density at radius 2 is 2.00 bits per heavy atom. The zero-order valence-electron chi connectivity index (χ0n) is 12.4. The molecule has 1 saturated heterocycles. The molecule has 1 N–H and O–H groups in total. The zero-order chi connectivity index (χ0) is 14.4. The van der Waals surface area contributed by atoms with E-state index in [1.807, 2.05) is 13.0 Å². The molecule has 5 heteroatoms. The van der Waals surface area contributed by atoms with Crippen LogP contribution in [-0.2, 0) is 0 Å².